The molecule has 0 aromatic heterocycles. The first kappa shape index (κ1) is 6.72. The first-order valence-electron chi connectivity index (χ1n) is 2.33. The van der Waals surface area contributed by atoms with Crippen molar-refractivity contribution in [2.45, 2.75) is 0 Å². The molecule has 47 valence electrons. The Morgan fingerprint density at radius 2 is 2.00 bits per heavy atom. The maximum Gasteiger partial charge on any atom is 0.0692 e. The van der Waals surface area contributed by atoms with Crippen molar-refractivity contribution in [2.24, 2.45) is 0 Å². The van der Waals surface area contributed by atoms with Gasteiger partial charge in [0, 0.05) is 11.8 Å². The standard InChI is InChI=1S/C6H4Cl2N/c7-5-2-1-4(9)3-6(5)8/h1-2H,9H2. The Morgan fingerprint density at radius 1 is 1.33 bits per heavy atom. The van der Waals surface area contributed by atoms with E-state index in [0.29, 0.717) is 15.7 Å². The van der Waals surface area contributed by atoms with Crippen LogP contribution in [0.15, 0.2) is 12.1 Å². The van der Waals surface area contributed by atoms with Gasteiger partial charge < -0.3 is 5.73 Å². The number of hydrogen-bond donors (Lipinski definition) is 1. The second-order valence-electron chi connectivity index (χ2n) is 1.58. The fraction of sp³-hybridized carbons (Fsp3) is 0. The monoisotopic (exact) mass is 160 g/mol. The summed E-state index contributed by atoms with van der Waals surface area (Å²) in [7, 11) is 0. The molecule has 0 saturated heterocycles. The van der Waals surface area contributed by atoms with Gasteiger partial charge in [-0.05, 0) is 12.1 Å². The van der Waals surface area contributed by atoms with E-state index in [9.17, 15) is 0 Å². The normalized spacial score (nSPS) is 9.56. The zero-order chi connectivity index (χ0) is 6.85. The summed E-state index contributed by atoms with van der Waals surface area (Å²) in [4.78, 5) is 0. The third kappa shape index (κ3) is 1.50. The highest BCUT2D eigenvalue weighted by Gasteiger charge is 1.94. The van der Waals surface area contributed by atoms with Gasteiger partial charge in [0.1, 0.15) is 0 Å². The van der Waals surface area contributed by atoms with E-state index in [0.717, 1.165) is 0 Å². The Balaban J connectivity index is 3.17. The largest absolute Gasteiger partial charge is 0.398 e. The third-order valence-electron chi connectivity index (χ3n) is 0.873. The van der Waals surface area contributed by atoms with E-state index in [4.69, 9.17) is 28.9 Å². The zero-order valence-electron chi connectivity index (χ0n) is 4.49. The summed E-state index contributed by atoms with van der Waals surface area (Å²) >= 11 is 11.1. The van der Waals surface area contributed by atoms with Gasteiger partial charge in [-0.1, -0.05) is 23.2 Å². The van der Waals surface area contributed by atoms with E-state index in [2.05, 4.69) is 6.07 Å². The van der Waals surface area contributed by atoms with Crippen LogP contribution >= 0.6 is 23.2 Å². The van der Waals surface area contributed by atoms with E-state index in [1.165, 1.54) is 0 Å². The Hall–Kier alpha value is -0.400. The molecule has 0 fully saturated rings. The highest BCUT2D eigenvalue weighted by Crippen LogP contribution is 2.22. The molecular weight excluding hydrogens is 157 g/mol. The lowest BCUT2D eigenvalue weighted by molar-refractivity contribution is 1.67. The number of hydrogen-bond acceptors (Lipinski definition) is 1. The number of anilines is 1. The quantitative estimate of drug-likeness (QED) is 0.580. The Bertz CT molecular complexity index is 222. The molecule has 0 atom stereocenters. The van der Waals surface area contributed by atoms with Crippen molar-refractivity contribution in [3.05, 3.63) is 28.2 Å². The molecule has 9 heavy (non-hydrogen) atoms. The van der Waals surface area contributed by atoms with Crippen molar-refractivity contribution in [1.29, 1.82) is 0 Å². The van der Waals surface area contributed by atoms with Crippen LogP contribution in [0.4, 0.5) is 5.69 Å². The van der Waals surface area contributed by atoms with E-state index in [1.54, 1.807) is 12.1 Å². The molecule has 0 aliphatic heterocycles. The van der Waals surface area contributed by atoms with Gasteiger partial charge in [-0.3, -0.25) is 0 Å². The van der Waals surface area contributed by atoms with Gasteiger partial charge in [-0.15, -0.1) is 0 Å². The van der Waals surface area contributed by atoms with Crippen LogP contribution in [0.2, 0.25) is 10.0 Å². The molecule has 0 spiro atoms. The molecule has 3 heteroatoms. The van der Waals surface area contributed by atoms with Crippen LogP contribution in [0.5, 0.6) is 0 Å². The third-order valence-corrected chi connectivity index (χ3v) is 1.58. The van der Waals surface area contributed by atoms with Crippen molar-refractivity contribution < 1.29 is 0 Å². The molecule has 0 saturated carbocycles. The molecule has 1 rings (SSSR count). The number of nitrogen functional groups attached to an aromatic ring is 1. The molecule has 0 unspecified atom stereocenters. The van der Waals surface area contributed by atoms with Gasteiger partial charge in [0.15, 0.2) is 0 Å². The SMILES string of the molecule is Nc1[c]c(Cl)c(Cl)cc1. The van der Waals surface area contributed by atoms with Crippen LogP contribution in [0.1, 0.15) is 0 Å². The van der Waals surface area contributed by atoms with Crippen molar-refractivity contribution in [2.75, 3.05) is 5.73 Å². The van der Waals surface area contributed by atoms with Gasteiger partial charge in [0.2, 0.25) is 0 Å². The summed E-state index contributed by atoms with van der Waals surface area (Å²) in [6.45, 7) is 0. The van der Waals surface area contributed by atoms with Crippen LogP contribution in [-0.4, -0.2) is 0 Å². The fourth-order valence-corrected chi connectivity index (χ4v) is 0.747. The van der Waals surface area contributed by atoms with Crippen LogP contribution in [-0.2, 0) is 0 Å². The minimum Gasteiger partial charge on any atom is -0.398 e. The van der Waals surface area contributed by atoms with Crippen molar-refractivity contribution in [1.82, 2.24) is 0 Å². The maximum atomic E-state index is 5.56. The van der Waals surface area contributed by atoms with Gasteiger partial charge in [0.25, 0.3) is 0 Å². The van der Waals surface area contributed by atoms with E-state index < -0.39 is 0 Å². The second-order valence-corrected chi connectivity index (χ2v) is 2.36. The molecule has 0 heterocycles. The molecule has 1 aromatic rings. The van der Waals surface area contributed by atoms with E-state index >= 15 is 0 Å². The van der Waals surface area contributed by atoms with Gasteiger partial charge in [-0.2, -0.15) is 0 Å². The lowest BCUT2D eigenvalue weighted by atomic mass is 10.3. The van der Waals surface area contributed by atoms with Crippen LogP contribution in [0.3, 0.4) is 0 Å². The first-order valence-corrected chi connectivity index (χ1v) is 3.08. The first-order chi connectivity index (χ1) is 4.20. The summed E-state index contributed by atoms with van der Waals surface area (Å²) in [6, 6.07) is 5.93. The summed E-state index contributed by atoms with van der Waals surface area (Å²) in [5.74, 6) is 0. The van der Waals surface area contributed by atoms with Crippen LogP contribution in [0.25, 0.3) is 0 Å². The summed E-state index contributed by atoms with van der Waals surface area (Å²) < 4.78 is 0. The molecule has 0 aliphatic carbocycles. The molecule has 0 aliphatic rings. The van der Waals surface area contributed by atoms with Crippen molar-refractivity contribution in [3.63, 3.8) is 0 Å². The number of halogens is 2. The Morgan fingerprint density at radius 3 is 2.44 bits per heavy atom. The highest BCUT2D eigenvalue weighted by atomic mass is 35.5. The number of benzene rings is 1. The minimum atomic E-state index is 0.372. The predicted molar refractivity (Wildman–Crippen MR) is 39.7 cm³/mol. The van der Waals surface area contributed by atoms with E-state index in [1.807, 2.05) is 0 Å². The number of rotatable bonds is 0. The van der Waals surface area contributed by atoms with Crippen LogP contribution < -0.4 is 5.73 Å². The smallest absolute Gasteiger partial charge is 0.0692 e. The maximum absolute atomic E-state index is 5.56. The van der Waals surface area contributed by atoms with Gasteiger partial charge >= 0.3 is 0 Å². The van der Waals surface area contributed by atoms with Gasteiger partial charge in [0.05, 0.1) is 10.0 Å². The Kier molecular flexibility index (Phi) is 1.84. The molecule has 0 amide bonds. The molecule has 1 nitrogen and oxygen atoms in total. The van der Waals surface area contributed by atoms with E-state index in [-0.39, 0.29) is 0 Å². The molecule has 1 aromatic carbocycles. The zero-order valence-corrected chi connectivity index (χ0v) is 6.00. The molecule has 2 N–H and O–H groups in total. The summed E-state index contributed by atoms with van der Waals surface area (Å²) in [5.41, 5.74) is 5.83. The molecular formula is C6H4Cl2N. The van der Waals surface area contributed by atoms with Crippen molar-refractivity contribution >= 4 is 28.9 Å². The predicted octanol–water partition coefficient (Wildman–Crippen LogP) is 2.38. The lowest BCUT2D eigenvalue weighted by Crippen LogP contribution is -1.83. The Labute approximate surface area is 63.4 Å². The van der Waals surface area contributed by atoms with Crippen molar-refractivity contribution in [3.8, 4) is 0 Å². The molecule has 0 bridgehead atoms. The highest BCUT2D eigenvalue weighted by molar-refractivity contribution is 6.42. The lowest BCUT2D eigenvalue weighted by Gasteiger charge is -1.93. The topological polar surface area (TPSA) is 26.0 Å². The second kappa shape index (κ2) is 2.46. The van der Waals surface area contributed by atoms with Crippen LogP contribution in [0, 0.1) is 6.07 Å². The summed E-state index contributed by atoms with van der Waals surface area (Å²) in [5, 5.41) is 0.850. The molecule has 1 radical (unpaired) electrons. The average molecular weight is 161 g/mol. The van der Waals surface area contributed by atoms with Gasteiger partial charge in [-0.25, -0.2) is 0 Å². The summed E-state index contributed by atoms with van der Waals surface area (Å²) in [6.07, 6.45) is 0. The average Bonchev–Trinajstić information content (AvgIpc) is 1.80. The fourth-order valence-electron chi connectivity index (χ4n) is 0.464. The number of nitrogens with two attached hydrogens (primary N) is 1. The minimum absolute atomic E-state index is 0.372.